The maximum absolute atomic E-state index is 11.0. The molecule has 0 amide bonds. The Morgan fingerprint density at radius 2 is 2.20 bits per heavy atom. The molecule has 1 N–H and O–H groups in total. The van der Waals surface area contributed by atoms with E-state index in [0.29, 0.717) is 12.2 Å². The minimum absolute atomic E-state index is 0.161. The molecule has 15 heavy (non-hydrogen) atoms. The van der Waals surface area contributed by atoms with E-state index in [1.807, 2.05) is 13.8 Å². The number of rotatable bonds is 4. The fraction of sp³-hybridized carbons (Fsp3) is 0.455. The Labute approximate surface area is 88.9 Å². The summed E-state index contributed by atoms with van der Waals surface area (Å²) in [5, 5.41) is 9.02. The topological polar surface area (TPSA) is 59.4 Å². The van der Waals surface area contributed by atoms with E-state index in [9.17, 15) is 4.79 Å². The van der Waals surface area contributed by atoms with Crippen molar-refractivity contribution in [2.24, 2.45) is 0 Å². The Morgan fingerprint density at radius 3 is 2.73 bits per heavy atom. The highest BCUT2D eigenvalue weighted by atomic mass is 16.5. The average molecular weight is 209 g/mol. The first-order chi connectivity index (χ1) is 7.06. The monoisotopic (exact) mass is 209 g/mol. The third kappa shape index (κ3) is 2.68. The molecule has 0 saturated heterocycles. The third-order valence-electron chi connectivity index (χ3n) is 1.97. The van der Waals surface area contributed by atoms with E-state index in [1.54, 1.807) is 13.0 Å². The lowest BCUT2D eigenvalue weighted by atomic mass is 10.1. The Balaban J connectivity index is 3.14. The first kappa shape index (κ1) is 11.5. The molecule has 0 unspecified atom stereocenters. The van der Waals surface area contributed by atoms with Crippen LogP contribution in [-0.4, -0.2) is 22.7 Å². The van der Waals surface area contributed by atoms with E-state index >= 15 is 0 Å². The SMILES string of the molecule is CCCOc1nc(C)cc(C)c1C(=O)O. The maximum Gasteiger partial charge on any atom is 0.341 e. The van der Waals surface area contributed by atoms with Crippen molar-refractivity contribution in [1.29, 1.82) is 0 Å². The van der Waals surface area contributed by atoms with Crippen LogP contribution in [0.2, 0.25) is 0 Å². The van der Waals surface area contributed by atoms with Gasteiger partial charge in [-0.2, -0.15) is 0 Å². The number of pyridine rings is 1. The van der Waals surface area contributed by atoms with E-state index in [4.69, 9.17) is 9.84 Å². The van der Waals surface area contributed by atoms with E-state index in [0.717, 1.165) is 12.1 Å². The van der Waals surface area contributed by atoms with Crippen LogP contribution in [0.5, 0.6) is 5.88 Å². The maximum atomic E-state index is 11.0. The van der Waals surface area contributed by atoms with Gasteiger partial charge >= 0.3 is 5.97 Å². The number of carboxylic acids is 1. The van der Waals surface area contributed by atoms with Crippen molar-refractivity contribution in [2.75, 3.05) is 6.61 Å². The zero-order valence-corrected chi connectivity index (χ0v) is 9.20. The highest BCUT2D eigenvalue weighted by Crippen LogP contribution is 2.20. The van der Waals surface area contributed by atoms with Gasteiger partial charge in [0.2, 0.25) is 5.88 Å². The van der Waals surface area contributed by atoms with Crippen molar-refractivity contribution < 1.29 is 14.6 Å². The molecule has 0 spiro atoms. The van der Waals surface area contributed by atoms with E-state index in [1.165, 1.54) is 0 Å². The van der Waals surface area contributed by atoms with Gasteiger partial charge < -0.3 is 9.84 Å². The van der Waals surface area contributed by atoms with Crippen molar-refractivity contribution in [3.63, 3.8) is 0 Å². The Kier molecular flexibility index (Phi) is 3.66. The summed E-state index contributed by atoms with van der Waals surface area (Å²) in [6.07, 6.45) is 0.827. The van der Waals surface area contributed by atoms with Gasteiger partial charge in [-0.1, -0.05) is 6.92 Å². The Bertz CT molecular complexity index is 374. The van der Waals surface area contributed by atoms with Crippen LogP contribution < -0.4 is 4.74 Å². The van der Waals surface area contributed by atoms with Crippen molar-refractivity contribution >= 4 is 5.97 Å². The van der Waals surface area contributed by atoms with Crippen LogP contribution in [0, 0.1) is 13.8 Å². The molecular weight excluding hydrogens is 194 g/mol. The molecule has 0 aromatic carbocycles. The number of aryl methyl sites for hydroxylation is 2. The van der Waals surface area contributed by atoms with Crippen LogP contribution in [-0.2, 0) is 0 Å². The molecule has 0 aliphatic heterocycles. The largest absolute Gasteiger partial charge is 0.477 e. The molecule has 4 heteroatoms. The predicted molar refractivity (Wildman–Crippen MR) is 56.5 cm³/mol. The van der Waals surface area contributed by atoms with Gasteiger partial charge in [-0.3, -0.25) is 0 Å². The van der Waals surface area contributed by atoms with Gasteiger partial charge in [0.15, 0.2) is 0 Å². The average Bonchev–Trinajstić information content (AvgIpc) is 2.12. The Hall–Kier alpha value is -1.58. The third-order valence-corrected chi connectivity index (χ3v) is 1.97. The number of hydrogen-bond acceptors (Lipinski definition) is 3. The second-order valence-corrected chi connectivity index (χ2v) is 3.41. The van der Waals surface area contributed by atoms with Crippen LogP contribution in [0.4, 0.5) is 0 Å². The van der Waals surface area contributed by atoms with Crippen molar-refractivity contribution in [3.05, 3.63) is 22.9 Å². The molecule has 0 atom stereocenters. The predicted octanol–water partition coefficient (Wildman–Crippen LogP) is 2.19. The molecule has 0 aliphatic rings. The minimum Gasteiger partial charge on any atom is -0.477 e. The van der Waals surface area contributed by atoms with Crippen LogP contribution in [0.1, 0.15) is 35.0 Å². The van der Waals surface area contributed by atoms with Gasteiger partial charge in [-0.25, -0.2) is 9.78 Å². The number of aromatic carboxylic acids is 1. The highest BCUT2D eigenvalue weighted by Gasteiger charge is 2.16. The molecule has 1 aromatic heterocycles. The minimum atomic E-state index is -0.994. The summed E-state index contributed by atoms with van der Waals surface area (Å²) in [6.45, 7) is 6.01. The van der Waals surface area contributed by atoms with Gasteiger partial charge in [0.25, 0.3) is 0 Å². The summed E-state index contributed by atoms with van der Waals surface area (Å²) in [6, 6.07) is 1.74. The summed E-state index contributed by atoms with van der Waals surface area (Å²) >= 11 is 0. The summed E-state index contributed by atoms with van der Waals surface area (Å²) in [5.74, 6) is -0.770. The smallest absolute Gasteiger partial charge is 0.341 e. The van der Waals surface area contributed by atoms with Crippen LogP contribution >= 0.6 is 0 Å². The molecule has 0 aliphatic carbocycles. The van der Waals surface area contributed by atoms with Gasteiger partial charge in [-0.05, 0) is 31.9 Å². The van der Waals surface area contributed by atoms with Crippen LogP contribution in [0.15, 0.2) is 6.07 Å². The van der Waals surface area contributed by atoms with Gasteiger partial charge in [-0.15, -0.1) is 0 Å². The summed E-state index contributed by atoms with van der Waals surface area (Å²) in [7, 11) is 0. The molecule has 0 fully saturated rings. The number of aromatic nitrogens is 1. The molecule has 0 bridgehead atoms. The summed E-state index contributed by atoms with van der Waals surface area (Å²) in [5.41, 5.74) is 1.61. The van der Waals surface area contributed by atoms with Gasteiger partial charge in [0.1, 0.15) is 5.56 Å². The van der Waals surface area contributed by atoms with Crippen LogP contribution in [0.25, 0.3) is 0 Å². The number of carboxylic acid groups (broad SMARTS) is 1. The molecule has 1 rings (SSSR count). The summed E-state index contributed by atoms with van der Waals surface area (Å²) in [4.78, 5) is 15.1. The fourth-order valence-corrected chi connectivity index (χ4v) is 1.37. The fourth-order valence-electron chi connectivity index (χ4n) is 1.37. The van der Waals surface area contributed by atoms with Crippen molar-refractivity contribution in [3.8, 4) is 5.88 Å². The summed E-state index contributed by atoms with van der Waals surface area (Å²) < 4.78 is 5.32. The molecule has 1 aromatic rings. The van der Waals surface area contributed by atoms with E-state index in [-0.39, 0.29) is 11.4 Å². The van der Waals surface area contributed by atoms with Gasteiger partial charge in [0, 0.05) is 5.69 Å². The lowest BCUT2D eigenvalue weighted by molar-refractivity contribution is 0.0690. The number of hydrogen-bond donors (Lipinski definition) is 1. The van der Waals surface area contributed by atoms with E-state index < -0.39 is 5.97 Å². The zero-order chi connectivity index (χ0) is 11.4. The zero-order valence-electron chi connectivity index (χ0n) is 9.20. The van der Waals surface area contributed by atoms with Crippen LogP contribution in [0.3, 0.4) is 0 Å². The second kappa shape index (κ2) is 4.77. The second-order valence-electron chi connectivity index (χ2n) is 3.41. The molecule has 82 valence electrons. The van der Waals surface area contributed by atoms with Gasteiger partial charge in [0.05, 0.1) is 6.61 Å². The highest BCUT2D eigenvalue weighted by molar-refractivity contribution is 5.91. The molecule has 0 radical (unpaired) electrons. The van der Waals surface area contributed by atoms with Crippen molar-refractivity contribution in [2.45, 2.75) is 27.2 Å². The lowest BCUT2D eigenvalue weighted by Crippen LogP contribution is -2.08. The first-order valence-corrected chi connectivity index (χ1v) is 4.90. The molecule has 4 nitrogen and oxygen atoms in total. The quantitative estimate of drug-likeness (QED) is 0.825. The molecule has 1 heterocycles. The van der Waals surface area contributed by atoms with E-state index in [2.05, 4.69) is 4.98 Å². The first-order valence-electron chi connectivity index (χ1n) is 4.90. The number of ether oxygens (including phenoxy) is 1. The normalized spacial score (nSPS) is 10.1. The molecular formula is C11H15NO3. The molecule has 0 saturated carbocycles. The Morgan fingerprint density at radius 1 is 1.53 bits per heavy atom. The number of carbonyl (C=O) groups is 1. The van der Waals surface area contributed by atoms with Crippen molar-refractivity contribution in [1.82, 2.24) is 4.98 Å². The number of nitrogens with zero attached hydrogens (tertiary/aromatic N) is 1. The standard InChI is InChI=1S/C11H15NO3/c1-4-5-15-10-9(11(13)14)7(2)6-8(3)12-10/h6H,4-5H2,1-3H3,(H,13,14). The lowest BCUT2D eigenvalue weighted by Gasteiger charge is -2.10.